The van der Waals surface area contributed by atoms with E-state index in [1.807, 2.05) is 36.1 Å². The summed E-state index contributed by atoms with van der Waals surface area (Å²) in [6.45, 7) is 2.51. The maximum atomic E-state index is 13.8. The smallest absolute Gasteiger partial charge is 0.259 e. The van der Waals surface area contributed by atoms with E-state index in [0.29, 0.717) is 40.4 Å². The van der Waals surface area contributed by atoms with Crippen LogP contribution in [0.1, 0.15) is 39.9 Å². The summed E-state index contributed by atoms with van der Waals surface area (Å²) in [4.78, 5) is 25.1. The molecule has 31 heavy (non-hydrogen) atoms. The summed E-state index contributed by atoms with van der Waals surface area (Å²) in [5, 5.41) is 5.67. The van der Waals surface area contributed by atoms with Gasteiger partial charge in [-0.05, 0) is 50.1 Å². The number of aryl methyl sites for hydroxylation is 1. The molecular weight excluding hydrogens is 412 g/mol. The van der Waals surface area contributed by atoms with Crippen LogP contribution >= 0.6 is 11.3 Å². The van der Waals surface area contributed by atoms with E-state index in [0.717, 1.165) is 28.1 Å². The van der Waals surface area contributed by atoms with Gasteiger partial charge in [-0.3, -0.25) is 4.79 Å². The van der Waals surface area contributed by atoms with Crippen LogP contribution in [0.5, 0.6) is 0 Å². The van der Waals surface area contributed by atoms with Gasteiger partial charge in [0.15, 0.2) is 5.76 Å². The highest BCUT2D eigenvalue weighted by Gasteiger charge is 2.34. The summed E-state index contributed by atoms with van der Waals surface area (Å²) in [6, 6.07) is 13.4. The molecule has 7 nitrogen and oxygen atoms in total. The molecule has 0 bridgehead atoms. The number of pyridine rings is 1. The first-order valence-corrected chi connectivity index (χ1v) is 11.0. The van der Waals surface area contributed by atoms with Crippen LogP contribution in [0.4, 0.5) is 0 Å². The monoisotopic (exact) mass is 430 g/mol. The Morgan fingerprint density at radius 3 is 2.94 bits per heavy atom. The molecule has 1 atom stereocenters. The highest BCUT2D eigenvalue weighted by molar-refractivity contribution is 7.18. The molecule has 8 heteroatoms. The fourth-order valence-corrected chi connectivity index (χ4v) is 5.38. The molecule has 1 aromatic carbocycles. The quantitative estimate of drug-likeness (QED) is 0.382. The molecule has 0 saturated carbocycles. The van der Waals surface area contributed by atoms with E-state index in [9.17, 15) is 4.79 Å². The van der Waals surface area contributed by atoms with Crippen LogP contribution in [-0.2, 0) is 0 Å². The molecule has 0 aliphatic carbocycles. The summed E-state index contributed by atoms with van der Waals surface area (Å²) < 4.78 is 12.0. The molecular formula is C23H18N4O3S. The molecule has 1 fully saturated rings. The molecule has 1 amide bonds. The van der Waals surface area contributed by atoms with Gasteiger partial charge in [-0.2, -0.15) is 0 Å². The Morgan fingerprint density at radius 1 is 1.19 bits per heavy atom. The number of carbonyl (C=O) groups is 1. The number of aromatic nitrogens is 3. The Morgan fingerprint density at radius 2 is 2.10 bits per heavy atom. The van der Waals surface area contributed by atoms with Crippen molar-refractivity contribution < 1.29 is 13.7 Å². The van der Waals surface area contributed by atoms with Crippen LogP contribution in [0, 0.1) is 6.92 Å². The number of carbonyl (C=O) groups excluding carboxylic acids is 1. The zero-order chi connectivity index (χ0) is 20.9. The van der Waals surface area contributed by atoms with E-state index in [-0.39, 0.29) is 11.9 Å². The maximum absolute atomic E-state index is 13.8. The first-order valence-electron chi connectivity index (χ1n) is 10.2. The van der Waals surface area contributed by atoms with Gasteiger partial charge in [0.2, 0.25) is 0 Å². The number of para-hydroxylation sites is 1. The molecule has 0 spiro atoms. The minimum atomic E-state index is -0.0618. The van der Waals surface area contributed by atoms with Crippen LogP contribution in [0.3, 0.4) is 0 Å². The molecule has 6 rings (SSSR count). The lowest BCUT2D eigenvalue weighted by molar-refractivity contribution is 0.0737. The number of likely N-dealkylation sites (tertiary alicyclic amines) is 1. The molecule has 0 radical (unpaired) electrons. The van der Waals surface area contributed by atoms with Crippen molar-refractivity contribution in [1.29, 1.82) is 0 Å². The molecule has 1 unspecified atom stereocenters. The minimum Gasteiger partial charge on any atom is -0.463 e. The number of furan rings is 1. The SMILES string of the molecule is Cc1noc2nc(-c3ccco3)cc(C(=O)N3CCCC3c3nc4ccccc4s3)c12. The normalized spacial score (nSPS) is 16.5. The summed E-state index contributed by atoms with van der Waals surface area (Å²) in [5.41, 5.74) is 3.04. The number of hydrogen-bond donors (Lipinski definition) is 0. The second-order valence-corrected chi connectivity index (χ2v) is 8.72. The minimum absolute atomic E-state index is 0.0413. The molecule has 5 aromatic rings. The Kier molecular flexibility index (Phi) is 4.14. The van der Waals surface area contributed by atoms with E-state index >= 15 is 0 Å². The second-order valence-electron chi connectivity index (χ2n) is 7.66. The van der Waals surface area contributed by atoms with E-state index in [4.69, 9.17) is 13.9 Å². The van der Waals surface area contributed by atoms with Gasteiger partial charge >= 0.3 is 0 Å². The maximum Gasteiger partial charge on any atom is 0.259 e. The van der Waals surface area contributed by atoms with E-state index in [1.54, 1.807) is 29.7 Å². The molecule has 5 heterocycles. The average Bonchev–Trinajstić information content (AvgIpc) is 3.58. The lowest BCUT2D eigenvalue weighted by Gasteiger charge is -2.23. The van der Waals surface area contributed by atoms with Crippen molar-refractivity contribution >= 4 is 38.6 Å². The Bertz CT molecular complexity index is 1390. The number of benzene rings is 1. The standard InChI is InChI=1S/C23H18N4O3S/c1-13-20-14(12-16(18-8-5-11-29-18)24-21(20)30-26-13)23(28)27-10-4-7-17(27)22-25-15-6-2-3-9-19(15)31-22/h2-3,5-6,8-9,11-12,17H,4,7,10H2,1H3. The molecule has 154 valence electrons. The predicted molar refractivity (Wildman–Crippen MR) is 117 cm³/mol. The van der Waals surface area contributed by atoms with E-state index in [2.05, 4.69) is 16.2 Å². The number of amides is 1. The van der Waals surface area contributed by atoms with Crippen LogP contribution < -0.4 is 0 Å². The first-order chi connectivity index (χ1) is 15.2. The summed E-state index contributed by atoms with van der Waals surface area (Å²) in [6.07, 6.45) is 3.42. The number of thiazole rings is 1. The fraction of sp³-hybridized carbons (Fsp3) is 0.217. The van der Waals surface area contributed by atoms with Crippen molar-refractivity contribution in [3.63, 3.8) is 0 Å². The Balaban J connectivity index is 1.45. The van der Waals surface area contributed by atoms with Gasteiger partial charge in [0, 0.05) is 6.54 Å². The van der Waals surface area contributed by atoms with E-state index in [1.165, 1.54) is 0 Å². The van der Waals surface area contributed by atoms with Gasteiger partial charge in [-0.15, -0.1) is 11.3 Å². The lowest BCUT2D eigenvalue weighted by Crippen LogP contribution is -2.30. The van der Waals surface area contributed by atoms with Crippen LogP contribution in [0.15, 0.2) is 57.7 Å². The number of hydrogen-bond acceptors (Lipinski definition) is 7. The zero-order valence-electron chi connectivity index (χ0n) is 16.7. The van der Waals surface area contributed by atoms with Crippen molar-refractivity contribution in [2.45, 2.75) is 25.8 Å². The lowest BCUT2D eigenvalue weighted by atomic mass is 10.1. The van der Waals surface area contributed by atoms with E-state index < -0.39 is 0 Å². The molecule has 1 saturated heterocycles. The second kappa shape index (κ2) is 7.02. The largest absolute Gasteiger partial charge is 0.463 e. The molecule has 1 aliphatic heterocycles. The van der Waals surface area contributed by atoms with Crippen molar-refractivity contribution in [1.82, 2.24) is 20.0 Å². The van der Waals surface area contributed by atoms with Crippen LogP contribution in [-0.4, -0.2) is 32.5 Å². The molecule has 0 N–H and O–H groups in total. The third-order valence-corrected chi connectivity index (χ3v) is 6.87. The highest BCUT2D eigenvalue weighted by atomic mass is 32.1. The number of nitrogens with zero attached hydrogens (tertiary/aromatic N) is 4. The first kappa shape index (κ1) is 18.3. The Hall–Kier alpha value is -3.52. The average molecular weight is 430 g/mol. The van der Waals surface area contributed by atoms with Crippen molar-refractivity contribution in [2.24, 2.45) is 0 Å². The number of fused-ring (bicyclic) bond motifs is 2. The summed E-state index contributed by atoms with van der Waals surface area (Å²) in [7, 11) is 0. The van der Waals surface area contributed by atoms with Crippen molar-refractivity contribution in [3.8, 4) is 11.5 Å². The molecule has 4 aromatic heterocycles. The topological polar surface area (TPSA) is 85.3 Å². The van der Waals surface area contributed by atoms with Gasteiger partial charge < -0.3 is 13.8 Å². The van der Waals surface area contributed by atoms with Gasteiger partial charge in [0.1, 0.15) is 10.7 Å². The summed E-state index contributed by atoms with van der Waals surface area (Å²) in [5.74, 6) is 0.516. The van der Waals surface area contributed by atoms with Crippen molar-refractivity contribution in [3.05, 3.63) is 65.0 Å². The Labute approximate surface area is 181 Å². The predicted octanol–water partition coefficient (Wildman–Crippen LogP) is 5.38. The highest BCUT2D eigenvalue weighted by Crippen LogP contribution is 2.38. The third-order valence-electron chi connectivity index (χ3n) is 5.73. The van der Waals surface area contributed by atoms with Crippen LogP contribution in [0.2, 0.25) is 0 Å². The summed E-state index contributed by atoms with van der Waals surface area (Å²) >= 11 is 1.66. The zero-order valence-corrected chi connectivity index (χ0v) is 17.6. The van der Waals surface area contributed by atoms with Gasteiger partial charge in [-0.25, -0.2) is 9.97 Å². The van der Waals surface area contributed by atoms with Crippen molar-refractivity contribution in [2.75, 3.05) is 6.54 Å². The third kappa shape index (κ3) is 2.94. The van der Waals surface area contributed by atoms with Gasteiger partial charge in [0.25, 0.3) is 11.6 Å². The fourth-order valence-electron chi connectivity index (χ4n) is 4.27. The van der Waals surface area contributed by atoms with Crippen LogP contribution in [0.25, 0.3) is 32.8 Å². The molecule has 1 aliphatic rings. The number of rotatable bonds is 3. The van der Waals surface area contributed by atoms with Gasteiger partial charge in [0.05, 0.1) is 39.2 Å². The van der Waals surface area contributed by atoms with Gasteiger partial charge in [-0.1, -0.05) is 17.3 Å².